The number of aliphatic hydroxyl groups is 3. The lowest BCUT2D eigenvalue weighted by atomic mass is 9.95. The molecule has 1 aliphatic rings. The molecule has 4 N–H and O–H groups in total. The van der Waals surface area contributed by atoms with E-state index in [1.165, 1.54) is 0 Å². The molecule has 0 spiro atoms. The van der Waals surface area contributed by atoms with E-state index in [0.717, 1.165) is 0 Å². The van der Waals surface area contributed by atoms with Crippen LogP contribution in [0.3, 0.4) is 0 Å². The van der Waals surface area contributed by atoms with Crippen molar-refractivity contribution in [2.24, 2.45) is 5.92 Å². The first-order valence-corrected chi connectivity index (χ1v) is 3.43. The van der Waals surface area contributed by atoms with Gasteiger partial charge in [0.25, 0.3) is 0 Å². The third kappa shape index (κ3) is 2.57. The minimum absolute atomic E-state index is 0. The molecule has 1 heterocycles. The summed E-state index contributed by atoms with van der Waals surface area (Å²) < 4.78 is 0. The highest BCUT2D eigenvalue weighted by Gasteiger charge is 2.29. The molecule has 11 heavy (non-hydrogen) atoms. The summed E-state index contributed by atoms with van der Waals surface area (Å²) in [6.07, 6.45) is -1.50. The molecular formula is C6H14ClNO3. The number of β-amino-alcohol motifs (C(OH)–C–C–N with tert-alkyl or cyclic N) is 1. The van der Waals surface area contributed by atoms with Crippen LogP contribution >= 0.6 is 12.4 Å². The normalized spacial score (nSPS) is 37.9. The van der Waals surface area contributed by atoms with E-state index in [4.69, 9.17) is 10.2 Å². The number of piperidine rings is 1. The minimum Gasteiger partial charge on any atom is -0.396 e. The van der Waals surface area contributed by atoms with Crippen molar-refractivity contribution in [1.29, 1.82) is 0 Å². The van der Waals surface area contributed by atoms with Gasteiger partial charge in [0, 0.05) is 25.6 Å². The van der Waals surface area contributed by atoms with E-state index in [9.17, 15) is 5.11 Å². The Hall–Kier alpha value is 0.130. The van der Waals surface area contributed by atoms with Crippen LogP contribution in [0.15, 0.2) is 0 Å². The van der Waals surface area contributed by atoms with Crippen LogP contribution in [-0.2, 0) is 0 Å². The topological polar surface area (TPSA) is 72.7 Å². The molecule has 0 aromatic carbocycles. The number of nitrogens with one attached hydrogen (secondary N) is 1. The van der Waals surface area contributed by atoms with Gasteiger partial charge in [-0.05, 0) is 0 Å². The van der Waals surface area contributed by atoms with Gasteiger partial charge in [0.2, 0.25) is 0 Å². The Morgan fingerprint density at radius 1 is 1.27 bits per heavy atom. The maximum absolute atomic E-state index is 9.19. The molecule has 0 amide bonds. The monoisotopic (exact) mass is 183 g/mol. The summed E-state index contributed by atoms with van der Waals surface area (Å²) in [5.41, 5.74) is 0. The van der Waals surface area contributed by atoms with Crippen LogP contribution in [0.4, 0.5) is 0 Å². The van der Waals surface area contributed by atoms with Crippen molar-refractivity contribution in [1.82, 2.24) is 5.32 Å². The van der Waals surface area contributed by atoms with Gasteiger partial charge in [0.05, 0.1) is 12.2 Å². The molecule has 0 aromatic rings. The van der Waals surface area contributed by atoms with Crippen molar-refractivity contribution < 1.29 is 15.3 Å². The molecule has 0 unspecified atom stereocenters. The highest BCUT2D eigenvalue weighted by atomic mass is 35.5. The lowest BCUT2D eigenvalue weighted by Gasteiger charge is -2.30. The zero-order valence-corrected chi connectivity index (χ0v) is 6.92. The third-order valence-electron chi connectivity index (χ3n) is 1.87. The molecule has 0 bridgehead atoms. The molecule has 1 saturated heterocycles. The Kier molecular flexibility index (Phi) is 4.96. The fourth-order valence-corrected chi connectivity index (χ4v) is 1.14. The first kappa shape index (κ1) is 11.1. The van der Waals surface area contributed by atoms with Crippen molar-refractivity contribution in [3.8, 4) is 0 Å². The molecule has 1 fully saturated rings. The fourth-order valence-electron chi connectivity index (χ4n) is 1.14. The van der Waals surface area contributed by atoms with Gasteiger partial charge in [-0.25, -0.2) is 0 Å². The second-order valence-electron chi connectivity index (χ2n) is 2.66. The average Bonchev–Trinajstić information content (AvgIpc) is 1.95. The second-order valence-corrected chi connectivity index (χ2v) is 2.66. The molecule has 4 nitrogen and oxygen atoms in total. The van der Waals surface area contributed by atoms with Crippen LogP contribution in [-0.4, -0.2) is 47.2 Å². The summed E-state index contributed by atoms with van der Waals surface area (Å²) in [6, 6.07) is 0. The van der Waals surface area contributed by atoms with Crippen molar-refractivity contribution in [2.45, 2.75) is 12.2 Å². The number of halogens is 1. The maximum atomic E-state index is 9.19. The Bertz CT molecular complexity index is 114. The molecule has 68 valence electrons. The minimum atomic E-state index is -0.772. The molecule has 3 atom stereocenters. The molecule has 1 rings (SSSR count). The molecular weight excluding hydrogens is 170 g/mol. The van der Waals surface area contributed by atoms with Gasteiger partial charge < -0.3 is 20.6 Å². The van der Waals surface area contributed by atoms with Crippen LogP contribution in [0.1, 0.15) is 0 Å². The van der Waals surface area contributed by atoms with Crippen molar-refractivity contribution in [3.63, 3.8) is 0 Å². The average molecular weight is 184 g/mol. The lowest BCUT2D eigenvalue weighted by molar-refractivity contribution is -0.0490. The maximum Gasteiger partial charge on any atom is 0.0927 e. The number of rotatable bonds is 1. The van der Waals surface area contributed by atoms with Gasteiger partial charge in [0.1, 0.15) is 0 Å². The first-order valence-electron chi connectivity index (χ1n) is 3.43. The Morgan fingerprint density at radius 3 is 2.36 bits per heavy atom. The third-order valence-corrected chi connectivity index (χ3v) is 1.87. The summed E-state index contributed by atoms with van der Waals surface area (Å²) in [5, 5.41) is 29.8. The van der Waals surface area contributed by atoms with Crippen LogP contribution in [0.2, 0.25) is 0 Å². The second kappa shape index (κ2) is 4.90. The standard InChI is InChI=1S/C6H13NO3.ClH/c8-3-4-1-7-2-5(9)6(4)10;/h4-10H,1-3H2;1H/t4-,5-,6-;/m1./s1. The summed E-state index contributed by atoms with van der Waals surface area (Å²) in [6.45, 7) is 0.914. The SMILES string of the molecule is Cl.OC[C@H]1CNC[C@@H](O)[C@@H]1O. The van der Waals surface area contributed by atoms with Crippen LogP contribution in [0.25, 0.3) is 0 Å². The predicted octanol–water partition coefficient (Wildman–Crippen LogP) is -1.66. The summed E-state index contributed by atoms with van der Waals surface area (Å²) in [4.78, 5) is 0. The fraction of sp³-hybridized carbons (Fsp3) is 1.00. The van der Waals surface area contributed by atoms with Crippen LogP contribution < -0.4 is 5.32 Å². The van der Waals surface area contributed by atoms with E-state index in [0.29, 0.717) is 13.1 Å². The summed E-state index contributed by atoms with van der Waals surface area (Å²) >= 11 is 0. The van der Waals surface area contributed by atoms with E-state index >= 15 is 0 Å². The molecule has 0 aliphatic carbocycles. The number of hydrogen-bond donors (Lipinski definition) is 4. The first-order chi connectivity index (χ1) is 4.75. The quantitative estimate of drug-likeness (QED) is 0.393. The van der Waals surface area contributed by atoms with Gasteiger partial charge in [-0.1, -0.05) is 0 Å². The molecule has 5 heteroatoms. The summed E-state index contributed by atoms with van der Waals surface area (Å²) in [7, 11) is 0. The zero-order valence-electron chi connectivity index (χ0n) is 6.10. The smallest absolute Gasteiger partial charge is 0.0927 e. The van der Waals surface area contributed by atoms with Gasteiger partial charge in [0.15, 0.2) is 0 Å². The van der Waals surface area contributed by atoms with Crippen molar-refractivity contribution in [3.05, 3.63) is 0 Å². The van der Waals surface area contributed by atoms with Crippen molar-refractivity contribution >= 4 is 12.4 Å². The van der Waals surface area contributed by atoms with E-state index < -0.39 is 12.2 Å². The highest BCUT2D eigenvalue weighted by molar-refractivity contribution is 5.85. The van der Waals surface area contributed by atoms with Gasteiger partial charge in [-0.3, -0.25) is 0 Å². The lowest BCUT2D eigenvalue weighted by Crippen LogP contribution is -2.51. The van der Waals surface area contributed by atoms with Gasteiger partial charge in [-0.15, -0.1) is 12.4 Å². The Balaban J connectivity index is 0.000001000. The van der Waals surface area contributed by atoms with Crippen molar-refractivity contribution in [2.75, 3.05) is 19.7 Å². The largest absolute Gasteiger partial charge is 0.396 e. The van der Waals surface area contributed by atoms with E-state index in [-0.39, 0.29) is 24.9 Å². The van der Waals surface area contributed by atoms with E-state index in [2.05, 4.69) is 5.32 Å². The number of hydrogen-bond acceptors (Lipinski definition) is 4. The summed E-state index contributed by atoms with van der Waals surface area (Å²) in [5.74, 6) is -0.219. The molecule has 0 aromatic heterocycles. The van der Waals surface area contributed by atoms with E-state index in [1.807, 2.05) is 0 Å². The highest BCUT2D eigenvalue weighted by Crippen LogP contribution is 2.10. The van der Waals surface area contributed by atoms with Gasteiger partial charge >= 0.3 is 0 Å². The molecule has 0 radical (unpaired) electrons. The molecule has 0 saturated carbocycles. The van der Waals surface area contributed by atoms with Crippen LogP contribution in [0, 0.1) is 5.92 Å². The Morgan fingerprint density at radius 2 is 1.91 bits per heavy atom. The number of aliphatic hydroxyl groups excluding tert-OH is 3. The van der Waals surface area contributed by atoms with Crippen LogP contribution in [0.5, 0.6) is 0 Å². The van der Waals surface area contributed by atoms with E-state index in [1.54, 1.807) is 0 Å². The zero-order chi connectivity index (χ0) is 7.56. The molecule has 1 aliphatic heterocycles. The van der Waals surface area contributed by atoms with Gasteiger partial charge in [-0.2, -0.15) is 0 Å². The predicted molar refractivity (Wildman–Crippen MR) is 42.7 cm³/mol. The Labute approximate surface area is 71.6 Å².